The Labute approximate surface area is 161 Å². The van der Waals surface area contributed by atoms with Crippen molar-refractivity contribution in [2.45, 2.75) is 38.8 Å². The summed E-state index contributed by atoms with van der Waals surface area (Å²) >= 11 is 3.37. The summed E-state index contributed by atoms with van der Waals surface area (Å²) in [4.78, 5) is 0.152. The fraction of sp³-hybridized carbons (Fsp3) is 0.294. The molecule has 0 aliphatic heterocycles. The summed E-state index contributed by atoms with van der Waals surface area (Å²) in [6, 6.07) is 8.12. The number of sulfonamides is 1. The van der Waals surface area contributed by atoms with Gasteiger partial charge in [0.2, 0.25) is 0 Å². The molecule has 138 valence electrons. The van der Waals surface area contributed by atoms with E-state index >= 15 is 0 Å². The predicted octanol–water partition coefficient (Wildman–Crippen LogP) is 3.33. The second-order valence-corrected chi connectivity index (χ2v) is 8.55. The summed E-state index contributed by atoms with van der Waals surface area (Å²) in [5, 5.41) is 8.53. The van der Waals surface area contributed by atoms with Gasteiger partial charge in [0, 0.05) is 18.9 Å². The lowest BCUT2D eigenvalue weighted by molar-refractivity contribution is 0.599. The van der Waals surface area contributed by atoms with Crippen molar-refractivity contribution in [2.75, 3.05) is 4.72 Å². The minimum Gasteiger partial charge on any atom is -0.271 e. The van der Waals surface area contributed by atoms with Crippen molar-refractivity contribution < 1.29 is 8.42 Å². The van der Waals surface area contributed by atoms with Crippen LogP contribution in [0, 0.1) is 13.8 Å². The van der Waals surface area contributed by atoms with Crippen LogP contribution in [0.25, 0.3) is 0 Å². The highest BCUT2D eigenvalue weighted by molar-refractivity contribution is 9.10. The summed E-state index contributed by atoms with van der Waals surface area (Å²) in [5.74, 6) is 0.251. The van der Waals surface area contributed by atoms with Crippen molar-refractivity contribution in [1.29, 1.82) is 0 Å². The van der Waals surface area contributed by atoms with Gasteiger partial charge in [-0.2, -0.15) is 10.2 Å². The Balaban J connectivity index is 1.82. The molecule has 2 heterocycles. The highest BCUT2D eigenvalue weighted by atomic mass is 79.9. The number of hydrogen-bond donors (Lipinski definition) is 1. The van der Waals surface area contributed by atoms with E-state index in [1.54, 1.807) is 22.5 Å². The first-order valence-electron chi connectivity index (χ1n) is 8.14. The Morgan fingerprint density at radius 1 is 1.08 bits per heavy atom. The SMILES string of the molecule is CCn1cc(S(=O)(=O)Nc2nn(Cc3ccc(C)cc3)cc2Br)c(C)n1. The monoisotopic (exact) mass is 437 g/mol. The van der Waals surface area contributed by atoms with Gasteiger partial charge in [0.05, 0.1) is 16.7 Å². The first-order chi connectivity index (χ1) is 12.3. The lowest BCUT2D eigenvalue weighted by Crippen LogP contribution is -2.14. The van der Waals surface area contributed by atoms with Crippen molar-refractivity contribution in [1.82, 2.24) is 19.6 Å². The molecule has 0 bridgehead atoms. The van der Waals surface area contributed by atoms with Crippen LogP contribution >= 0.6 is 15.9 Å². The summed E-state index contributed by atoms with van der Waals surface area (Å²) in [5.41, 5.74) is 2.72. The zero-order valence-electron chi connectivity index (χ0n) is 14.8. The minimum absolute atomic E-state index is 0.152. The average molecular weight is 438 g/mol. The fourth-order valence-corrected chi connectivity index (χ4v) is 4.29. The van der Waals surface area contributed by atoms with Crippen LogP contribution in [0.5, 0.6) is 0 Å². The van der Waals surface area contributed by atoms with Crippen LogP contribution in [0.1, 0.15) is 23.7 Å². The maximum absolute atomic E-state index is 12.7. The van der Waals surface area contributed by atoms with E-state index in [0.717, 1.165) is 5.56 Å². The Kier molecular flexibility index (Phi) is 5.19. The number of nitrogens with zero attached hydrogens (tertiary/aromatic N) is 4. The number of halogens is 1. The van der Waals surface area contributed by atoms with Crippen LogP contribution < -0.4 is 4.72 Å². The van der Waals surface area contributed by atoms with Gasteiger partial charge in [-0.25, -0.2) is 8.42 Å². The van der Waals surface area contributed by atoms with Gasteiger partial charge in [0.25, 0.3) is 10.0 Å². The predicted molar refractivity (Wildman–Crippen MR) is 104 cm³/mol. The normalized spacial score (nSPS) is 11.7. The molecular weight excluding hydrogens is 418 g/mol. The fourth-order valence-electron chi connectivity index (χ4n) is 2.54. The topological polar surface area (TPSA) is 81.8 Å². The Bertz CT molecular complexity index is 1020. The van der Waals surface area contributed by atoms with E-state index in [1.165, 1.54) is 11.8 Å². The summed E-state index contributed by atoms with van der Waals surface area (Å²) in [6.45, 7) is 6.76. The van der Waals surface area contributed by atoms with Crippen molar-refractivity contribution in [3.63, 3.8) is 0 Å². The van der Waals surface area contributed by atoms with E-state index in [4.69, 9.17) is 0 Å². The molecule has 1 N–H and O–H groups in total. The summed E-state index contributed by atoms with van der Waals surface area (Å²) < 4.78 is 31.7. The largest absolute Gasteiger partial charge is 0.271 e. The standard InChI is InChI=1S/C17H20BrN5O2S/c1-4-22-11-16(13(3)19-22)26(24,25)21-17-15(18)10-23(20-17)9-14-7-5-12(2)6-8-14/h5-8,10-11H,4,9H2,1-3H3,(H,20,21). The van der Waals surface area contributed by atoms with Gasteiger partial charge in [-0.1, -0.05) is 29.8 Å². The van der Waals surface area contributed by atoms with Crippen molar-refractivity contribution in [3.05, 3.63) is 58.0 Å². The first-order valence-corrected chi connectivity index (χ1v) is 10.4. The first kappa shape index (κ1) is 18.7. The molecule has 0 atom stereocenters. The zero-order valence-corrected chi connectivity index (χ0v) is 17.2. The van der Waals surface area contributed by atoms with Gasteiger partial charge in [-0.05, 0) is 42.3 Å². The molecule has 3 aromatic rings. The Morgan fingerprint density at radius 2 is 1.77 bits per heavy atom. The van der Waals surface area contributed by atoms with E-state index in [0.29, 0.717) is 23.3 Å². The maximum Gasteiger partial charge on any atom is 0.266 e. The van der Waals surface area contributed by atoms with E-state index in [2.05, 4.69) is 30.8 Å². The van der Waals surface area contributed by atoms with Crippen LogP contribution in [0.2, 0.25) is 0 Å². The third-order valence-corrected chi connectivity index (χ3v) is 5.95. The molecular formula is C17H20BrN5O2S. The van der Waals surface area contributed by atoms with Gasteiger partial charge in [0.15, 0.2) is 5.82 Å². The molecule has 9 heteroatoms. The molecule has 26 heavy (non-hydrogen) atoms. The van der Waals surface area contributed by atoms with Crippen LogP contribution in [0.3, 0.4) is 0 Å². The third kappa shape index (κ3) is 3.99. The Morgan fingerprint density at radius 3 is 2.38 bits per heavy atom. The lowest BCUT2D eigenvalue weighted by atomic mass is 10.1. The van der Waals surface area contributed by atoms with Gasteiger partial charge in [-0.15, -0.1) is 0 Å². The number of hydrogen-bond acceptors (Lipinski definition) is 4. The van der Waals surface area contributed by atoms with Crippen LogP contribution in [-0.2, 0) is 23.1 Å². The number of aromatic nitrogens is 4. The highest BCUT2D eigenvalue weighted by Gasteiger charge is 2.22. The molecule has 0 spiro atoms. The molecule has 2 aromatic heterocycles. The van der Waals surface area contributed by atoms with Gasteiger partial charge >= 0.3 is 0 Å². The molecule has 0 unspecified atom stereocenters. The van der Waals surface area contributed by atoms with Crippen molar-refractivity contribution >= 4 is 31.8 Å². The van der Waals surface area contributed by atoms with Gasteiger partial charge in [-0.3, -0.25) is 14.1 Å². The smallest absolute Gasteiger partial charge is 0.266 e. The molecule has 0 saturated heterocycles. The lowest BCUT2D eigenvalue weighted by Gasteiger charge is -2.05. The minimum atomic E-state index is -3.76. The molecule has 0 saturated carbocycles. The average Bonchev–Trinajstić information content (AvgIpc) is 3.12. The second kappa shape index (κ2) is 7.24. The van der Waals surface area contributed by atoms with Crippen LogP contribution in [0.15, 0.2) is 46.0 Å². The molecule has 0 amide bonds. The molecule has 0 aliphatic carbocycles. The maximum atomic E-state index is 12.7. The van der Waals surface area contributed by atoms with E-state index < -0.39 is 10.0 Å². The number of nitrogens with one attached hydrogen (secondary N) is 1. The number of anilines is 1. The molecule has 1 aromatic carbocycles. The number of benzene rings is 1. The van der Waals surface area contributed by atoms with E-state index in [9.17, 15) is 8.42 Å². The van der Waals surface area contributed by atoms with E-state index in [-0.39, 0.29) is 10.7 Å². The third-order valence-electron chi connectivity index (χ3n) is 3.93. The zero-order chi connectivity index (χ0) is 18.9. The van der Waals surface area contributed by atoms with E-state index in [1.807, 2.05) is 38.1 Å². The molecule has 7 nitrogen and oxygen atoms in total. The van der Waals surface area contributed by atoms with Gasteiger partial charge < -0.3 is 0 Å². The Hall–Kier alpha value is -2.13. The van der Waals surface area contributed by atoms with Crippen LogP contribution in [0.4, 0.5) is 5.82 Å². The molecule has 3 rings (SSSR count). The highest BCUT2D eigenvalue weighted by Crippen LogP contribution is 2.25. The molecule has 0 radical (unpaired) electrons. The van der Waals surface area contributed by atoms with Crippen molar-refractivity contribution in [2.24, 2.45) is 0 Å². The molecule has 0 aliphatic rings. The summed E-state index contributed by atoms with van der Waals surface area (Å²) in [7, 11) is -3.76. The second-order valence-electron chi connectivity index (χ2n) is 6.05. The quantitative estimate of drug-likeness (QED) is 0.640. The summed E-state index contributed by atoms with van der Waals surface area (Å²) in [6.07, 6.45) is 3.27. The number of aryl methyl sites for hydroxylation is 3. The van der Waals surface area contributed by atoms with Gasteiger partial charge in [0.1, 0.15) is 4.90 Å². The molecule has 0 fully saturated rings. The van der Waals surface area contributed by atoms with Crippen molar-refractivity contribution in [3.8, 4) is 0 Å². The van der Waals surface area contributed by atoms with Crippen LogP contribution in [-0.4, -0.2) is 28.0 Å². The number of rotatable bonds is 6.